The summed E-state index contributed by atoms with van der Waals surface area (Å²) >= 11 is 0. The smallest absolute Gasteiger partial charge is 0.258 e. The number of benzene rings is 2. The predicted octanol–water partition coefficient (Wildman–Crippen LogP) is 3.94. The Bertz CT molecular complexity index is 1330. The van der Waals surface area contributed by atoms with Crippen molar-refractivity contribution in [3.8, 4) is 6.07 Å². The first-order valence-electron chi connectivity index (χ1n) is 11.7. The molecule has 0 fully saturated rings. The van der Waals surface area contributed by atoms with E-state index in [-0.39, 0.29) is 53.8 Å². The van der Waals surface area contributed by atoms with Crippen LogP contribution in [-0.4, -0.2) is 33.4 Å². The lowest BCUT2D eigenvalue weighted by atomic mass is 9.98. The lowest BCUT2D eigenvalue weighted by Gasteiger charge is -2.35. The monoisotopic (exact) mass is 493 g/mol. The molecule has 0 spiro atoms. The van der Waals surface area contributed by atoms with E-state index in [1.165, 1.54) is 15.5 Å². The second-order valence-corrected chi connectivity index (χ2v) is 8.89. The molecule has 0 radical (unpaired) electrons. The van der Waals surface area contributed by atoms with Gasteiger partial charge in [0.25, 0.3) is 11.5 Å². The van der Waals surface area contributed by atoms with Crippen molar-refractivity contribution in [2.45, 2.75) is 39.8 Å². The normalized spacial score (nSPS) is 11.8. The molecule has 2 aromatic carbocycles. The van der Waals surface area contributed by atoms with Crippen molar-refractivity contribution in [2.24, 2.45) is 11.7 Å². The SMILES string of the molecule is Cc1c(C#N)nc(C(C(C)C)N(CCCN)C(=O)c2ccc(F)c(F)c2)n(Cc2ccccc2)c1=O. The number of carbonyl (C=O) groups is 1. The molecule has 0 aliphatic rings. The molecule has 36 heavy (non-hydrogen) atoms. The first kappa shape index (κ1) is 26.7. The third-order valence-corrected chi connectivity index (χ3v) is 5.98. The number of hydrogen-bond donors (Lipinski definition) is 1. The van der Waals surface area contributed by atoms with Gasteiger partial charge in [0, 0.05) is 12.1 Å². The fourth-order valence-corrected chi connectivity index (χ4v) is 4.14. The number of halogens is 2. The first-order valence-corrected chi connectivity index (χ1v) is 11.7. The number of hydrogen-bond acceptors (Lipinski definition) is 5. The Kier molecular flexibility index (Phi) is 8.67. The van der Waals surface area contributed by atoms with Gasteiger partial charge in [0.15, 0.2) is 17.3 Å². The van der Waals surface area contributed by atoms with Gasteiger partial charge in [-0.05, 0) is 49.6 Å². The van der Waals surface area contributed by atoms with E-state index in [0.717, 1.165) is 17.7 Å². The van der Waals surface area contributed by atoms with Crippen molar-refractivity contribution in [1.29, 1.82) is 5.26 Å². The molecule has 1 heterocycles. The molecular formula is C27H29F2N5O2. The highest BCUT2D eigenvalue weighted by molar-refractivity contribution is 5.94. The minimum atomic E-state index is -1.14. The Balaban J connectivity index is 2.23. The molecule has 0 aliphatic carbocycles. The Hall–Kier alpha value is -3.90. The summed E-state index contributed by atoms with van der Waals surface area (Å²) in [5, 5.41) is 9.66. The summed E-state index contributed by atoms with van der Waals surface area (Å²) < 4.78 is 29.0. The van der Waals surface area contributed by atoms with Crippen molar-refractivity contribution in [3.63, 3.8) is 0 Å². The lowest BCUT2D eigenvalue weighted by molar-refractivity contribution is 0.0601. The molecule has 1 atom stereocenters. The van der Waals surface area contributed by atoms with E-state index in [1.54, 1.807) is 6.92 Å². The van der Waals surface area contributed by atoms with Crippen molar-refractivity contribution in [2.75, 3.05) is 13.1 Å². The first-order chi connectivity index (χ1) is 17.2. The van der Waals surface area contributed by atoms with Crippen LogP contribution in [0.5, 0.6) is 0 Å². The van der Waals surface area contributed by atoms with Crippen LogP contribution in [0.2, 0.25) is 0 Å². The zero-order valence-electron chi connectivity index (χ0n) is 20.5. The van der Waals surface area contributed by atoms with Crippen LogP contribution in [0, 0.1) is 35.8 Å². The van der Waals surface area contributed by atoms with E-state index in [4.69, 9.17) is 5.73 Å². The second-order valence-electron chi connectivity index (χ2n) is 8.89. The summed E-state index contributed by atoms with van der Waals surface area (Å²) in [6.45, 7) is 5.93. The number of nitriles is 1. The second kappa shape index (κ2) is 11.7. The third-order valence-electron chi connectivity index (χ3n) is 5.98. The van der Waals surface area contributed by atoms with Crippen LogP contribution in [0.15, 0.2) is 53.3 Å². The van der Waals surface area contributed by atoms with Gasteiger partial charge in [-0.25, -0.2) is 13.8 Å². The molecule has 0 saturated carbocycles. The minimum absolute atomic E-state index is 0.0241. The van der Waals surface area contributed by atoms with Gasteiger partial charge >= 0.3 is 0 Å². The highest BCUT2D eigenvalue weighted by Crippen LogP contribution is 2.30. The van der Waals surface area contributed by atoms with E-state index >= 15 is 0 Å². The summed E-state index contributed by atoms with van der Waals surface area (Å²) in [6, 6.07) is 13.5. The molecule has 7 nitrogen and oxygen atoms in total. The Labute approximate surface area is 208 Å². The zero-order valence-corrected chi connectivity index (χ0v) is 20.5. The number of nitrogens with zero attached hydrogens (tertiary/aromatic N) is 4. The van der Waals surface area contributed by atoms with E-state index < -0.39 is 23.6 Å². The van der Waals surface area contributed by atoms with Crippen LogP contribution < -0.4 is 11.3 Å². The highest BCUT2D eigenvalue weighted by Gasteiger charge is 2.33. The van der Waals surface area contributed by atoms with E-state index in [2.05, 4.69) is 4.98 Å². The molecule has 3 rings (SSSR count). The van der Waals surface area contributed by atoms with Crippen molar-refractivity contribution in [3.05, 3.63) is 98.7 Å². The minimum Gasteiger partial charge on any atom is -0.330 e. The zero-order chi connectivity index (χ0) is 26.4. The predicted molar refractivity (Wildman–Crippen MR) is 132 cm³/mol. The van der Waals surface area contributed by atoms with Crippen LogP contribution in [0.25, 0.3) is 0 Å². The molecular weight excluding hydrogens is 464 g/mol. The van der Waals surface area contributed by atoms with E-state index in [1.807, 2.05) is 50.2 Å². The van der Waals surface area contributed by atoms with Crippen LogP contribution >= 0.6 is 0 Å². The van der Waals surface area contributed by atoms with Gasteiger partial charge < -0.3 is 10.6 Å². The Morgan fingerprint density at radius 2 is 1.86 bits per heavy atom. The van der Waals surface area contributed by atoms with Crippen LogP contribution in [-0.2, 0) is 6.54 Å². The number of amides is 1. The molecule has 1 amide bonds. The van der Waals surface area contributed by atoms with Gasteiger partial charge in [0.1, 0.15) is 11.9 Å². The summed E-state index contributed by atoms with van der Waals surface area (Å²) in [5.74, 6) is -2.76. The van der Waals surface area contributed by atoms with Gasteiger partial charge in [-0.3, -0.25) is 14.2 Å². The molecule has 0 saturated heterocycles. The molecule has 1 aromatic heterocycles. The third kappa shape index (κ3) is 5.66. The Morgan fingerprint density at radius 3 is 2.44 bits per heavy atom. The van der Waals surface area contributed by atoms with Gasteiger partial charge in [-0.1, -0.05) is 44.2 Å². The molecule has 2 N–H and O–H groups in total. The molecule has 3 aromatic rings. The van der Waals surface area contributed by atoms with Crippen LogP contribution in [0.3, 0.4) is 0 Å². The number of carbonyl (C=O) groups excluding carboxylic acids is 1. The van der Waals surface area contributed by atoms with E-state index in [0.29, 0.717) is 6.42 Å². The summed E-state index contributed by atoms with van der Waals surface area (Å²) in [6.07, 6.45) is 0.429. The average molecular weight is 494 g/mol. The maximum absolute atomic E-state index is 14.0. The molecule has 0 bridgehead atoms. The average Bonchev–Trinajstić information content (AvgIpc) is 2.87. The molecule has 9 heteroatoms. The topological polar surface area (TPSA) is 105 Å². The van der Waals surface area contributed by atoms with Crippen LogP contribution in [0.4, 0.5) is 8.78 Å². The highest BCUT2D eigenvalue weighted by atomic mass is 19.2. The standard InChI is InChI=1S/C27H29F2N5O2/c1-17(2)24(33(13-7-12-30)27(36)20-10-11-21(28)22(29)14-20)25-32-23(15-31)18(3)26(35)34(25)16-19-8-5-4-6-9-19/h4-6,8-11,14,17,24H,7,12-13,16,30H2,1-3H3. The fraction of sp³-hybridized carbons (Fsp3) is 0.333. The fourth-order valence-electron chi connectivity index (χ4n) is 4.14. The summed E-state index contributed by atoms with van der Waals surface area (Å²) in [5.41, 5.74) is 6.34. The van der Waals surface area contributed by atoms with Crippen molar-refractivity contribution < 1.29 is 13.6 Å². The van der Waals surface area contributed by atoms with Gasteiger partial charge in [0.05, 0.1) is 18.2 Å². The van der Waals surface area contributed by atoms with Crippen molar-refractivity contribution in [1.82, 2.24) is 14.5 Å². The number of nitrogens with two attached hydrogens (primary N) is 1. The van der Waals surface area contributed by atoms with Crippen LogP contribution in [0.1, 0.15) is 59.3 Å². The molecule has 0 aliphatic heterocycles. The van der Waals surface area contributed by atoms with Gasteiger partial charge in [-0.2, -0.15) is 5.26 Å². The van der Waals surface area contributed by atoms with Gasteiger partial charge in [0.2, 0.25) is 0 Å². The number of rotatable bonds is 9. The maximum atomic E-state index is 14.0. The molecule has 188 valence electrons. The summed E-state index contributed by atoms with van der Waals surface area (Å²) in [7, 11) is 0. The molecule has 1 unspecified atom stereocenters. The number of aromatic nitrogens is 2. The van der Waals surface area contributed by atoms with E-state index in [9.17, 15) is 23.6 Å². The summed E-state index contributed by atoms with van der Waals surface area (Å²) in [4.78, 5) is 33.1. The van der Waals surface area contributed by atoms with Gasteiger partial charge in [-0.15, -0.1) is 0 Å². The maximum Gasteiger partial charge on any atom is 0.258 e. The lowest BCUT2D eigenvalue weighted by Crippen LogP contribution is -2.43. The van der Waals surface area contributed by atoms with Crippen molar-refractivity contribution >= 4 is 5.91 Å². The quantitative estimate of drug-likeness (QED) is 0.486. The Morgan fingerprint density at radius 1 is 1.17 bits per heavy atom. The largest absolute Gasteiger partial charge is 0.330 e.